The van der Waals surface area contributed by atoms with Crippen LogP contribution in [0.5, 0.6) is 0 Å². The second kappa shape index (κ2) is 4.14. The molecule has 4 heteroatoms. The summed E-state index contributed by atoms with van der Waals surface area (Å²) >= 11 is 3.43. The van der Waals surface area contributed by atoms with Gasteiger partial charge in [0.05, 0.1) is 0 Å². The minimum Gasteiger partial charge on any atom is -0.421 e. The number of aromatic nitrogens is 2. The van der Waals surface area contributed by atoms with E-state index in [1.807, 2.05) is 32.0 Å². The number of rotatable bonds is 2. The molecule has 0 aliphatic rings. The molecule has 0 saturated heterocycles. The van der Waals surface area contributed by atoms with Gasteiger partial charge in [-0.2, -0.15) is 0 Å². The lowest BCUT2D eigenvalue weighted by molar-refractivity contribution is 0.512. The van der Waals surface area contributed by atoms with Crippen LogP contribution in [0.2, 0.25) is 0 Å². The number of hydrogen-bond acceptors (Lipinski definition) is 3. The summed E-state index contributed by atoms with van der Waals surface area (Å²) in [6.07, 6.45) is 0.764. The van der Waals surface area contributed by atoms with Gasteiger partial charge in [-0.15, -0.1) is 10.2 Å². The molecule has 3 nitrogen and oxygen atoms in total. The lowest BCUT2D eigenvalue weighted by Gasteiger charge is -2.00. The fourth-order valence-corrected chi connectivity index (χ4v) is 1.69. The van der Waals surface area contributed by atoms with Gasteiger partial charge in [0.15, 0.2) is 0 Å². The molecule has 0 spiro atoms. The lowest BCUT2D eigenvalue weighted by atomic mass is 10.1. The van der Waals surface area contributed by atoms with Gasteiger partial charge in [0.25, 0.3) is 0 Å². The molecule has 0 aliphatic heterocycles. The molecule has 78 valence electrons. The Morgan fingerprint density at radius 1 is 1.33 bits per heavy atom. The zero-order valence-corrected chi connectivity index (χ0v) is 10.2. The monoisotopic (exact) mass is 266 g/mol. The van der Waals surface area contributed by atoms with Crippen molar-refractivity contribution in [1.82, 2.24) is 10.2 Å². The van der Waals surface area contributed by atoms with E-state index >= 15 is 0 Å². The van der Waals surface area contributed by atoms with Gasteiger partial charge < -0.3 is 4.42 Å². The smallest absolute Gasteiger partial charge is 0.248 e. The van der Waals surface area contributed by atoms with Crippen molar-refractivity contribution in [2.45, 2.75) is 20.3 Å². The van der Waals surface area contributed by atoms with Crippen LogP contribution in [-0.4, -0.2) is 10.2 Å². The Bertz CT molecular complexity index is 479. The van der Waals surface area contributed by atoms with Crippen molar-refractivity contribution in [2.24, 2.45) is 0 Å². The summed E-state index contributed by atoms with van der Waals surface area (Å²) in [6.45, 7) is 4.02. The van der Waals surface area contributed by atoms with Crippen LogP contribution in [0.15, 0.2) is 27.1 Å². The molecule has 15 heavy (non-hydrogen) atoms. The largest absolute Gasteiger partial charge is 0.421 e. The summed E-state index contributed by atoms with van der Waals surface area (Å²) < 4.78 is 6.52. The molecule has 0 amide bonds. The van der Waals surface area contributed by atoms with Crippen LogP contribution in [0.3, 0.4) is 0 Å². The first kappa shape index (κ1) is 10.4. The van der Waals surface area contributed by atoms with Crippen molar-refractivity contribution in [3.05, 3.63) is 34.1 Å². The van der Waals surface area contributed by atoms with Crippen molar-refractivity contribution in [1.29, 1.82) is 0 Å². The van der Waals surface area contributed by atoms with E-state index in [9.17, 15) is 0 Å². The topological polar surface area (TPSA) is 38.9 Å². The highest BCUT2D eigenvalue weighted by atomic mass is 79.9. The number of halogens is 1. The van der Waals surface area contributed by atoms with Crippen LogP contribution in [0.4, 0.5) is 0 Å². The van der Waals surface area contributed by atoms with Gasteiger partial charge in [-0.25, -0.2) is 0 Å². The van der Waals surface area contributed by atoms with Crippen molar-refractivity contribution in [3.63, 3.8) is 0 Å². The van der Waals surface area contributed by atoms with Gasteiger partial charge in [-0.3, -0.25) is 0 Å². The first-order valence-electron chi connectivity index (χ1n) is 4.79. The summed E-state index contributed by atoms with van der Waals surface area (Å²) in [6, 6.07) is 6.01. The van der Waals surface area contributed by atoms with E-state index in [0.29, 0.717) is 11.8 Å². The number of benzene rings is 1. The normalized spacial score (nSPS) is 10.6. The first-order valence-corrected chi connectivity index (χ1v) is 5.59. The van der Waals surface area contributed by atoms with E-state index in [1.54, 1.807) is 0 Å². The Balaban J connectivity index is 2.48. The summed E-state index contributed by atoms with van der Waals surface area (Å²) in [5.41, 5.74) is 2.11. The molecular weight excluding hydrogens is 256 g/mol. The van der Waals surface area contributed by atoms with E-state index in [2.05, 4.69) is 26.1 Å². The maximum atomic E-state index is 5.51. The van der Waals surface area contributed by atoms with Gasteiger partial charge in [-0.1, -0.05) is 28.9 Å². The van der Waals surface area contributed by atoms with Crippen LogP contribution in [0.1, 0.15) is 18.4 Å². The van der Waals surface area contributed by atoms with E-state index in [4.69, 9.17) is 4.42 Å². The van der Waals surface area contributed by atoms with E-state index in [-0.39, 0.29) is 0 Å². The molecule has 0 radical (unpaired) electrons. The standard InChI is InChI=1S/C11H11BrN2O/c1-3-10-13-14-11(15-10)9-6-8(12)5-4-7(9)2/h4-6H,3H2,1-2H3. The van der Waals surface area contributed by atoms with Gasteiger partial charge in [-0.05, 0) is 24.6 Å². The average Bonchev–Trinajstić information content (AvgIpc) is 2.70. The van der Waals surface area contributed by atoms with Crippen molar-refractivity contribution >= 4 is 15.9 Å². The third-order valence-corrected chi connectivity index (χ3v) is 2.69. The maximum Gasteiger partial charge on any atom is 0.248 e. The number of nitrogens with zero attached hydrogens (tertiary/aromatic N) is 2. The van der Waals surface area contributed by atoms with Crippen LogP contribution in [0, 0.1) is 6.92 Å². The molecule has 1 aromatic heterocycles. The second-order valence-electron chi connectivity index (χ2n) is 3.31. The SMILES string of the molecule is CCc1nnc(-c2cc(Br)ccc2C)o1. The van der Waals surface area contributed by atoms with E-state index in [1.165, 1.54) is 0 Å². The highest BCUT2D eigenvalue weighted by molar-refractivity contribution is 9.10. The highest BCUT2D eigenvalue weighted by Crippen LogP contribution is 2.25. The molecule has 0 unspecified atom stereocenters. The fraction of sp³-hybridized carbons (Fsp3) is 0.273. The molecule has 1 aromatic carbocycles. The van der Waals surface area contributed by atoms with Crippen molar-refractivity contribution in [2.75, 3.05) is 0 Å². The molecule has 0 aliphatic carbocycles. The van der Waals surface area contributed by atoms with E-state index in [0.717, 1.165) is 22.0 Å². The summed E-state index contributed by atoms with van der Waals surface area (Å²) in [5, 5.41) is 7.97. The molecule has 0 saturated carbocycles. The minimum absolute atomic E-state index is 0.589. The summed E-state index contributed by atoms with van der Waals surface area (Å²) in [7, 11) is 0. The molecule has 2 rings (SSSR count). The van der Waals surface area contributed by atoms with E-state index < -0.39 is 0 Å². The minimum atomic E-state index is 0.589. The van der Waals surface area contributed by atoms with Gasteiger partial charge >= 0.3 is 0 Å². The Hall–Kier alpha value is -1.16. The second-order valence-corrected chi connectivity index (χ2v) is 4.23. The average molecular weight is 267 g/mol. The van der Waals surface area contributed by atoms with Crippen LogP contribution >= 0.6 is 15.9 Å². The first-order chi connectivity index (χ1) is 7.20. The van der Waals surface area contributed by atoms with Crippen molar-refractivity contribution < 1.29 is 4.42 Å². The Kier molecular flexibility index (Phi) is 2.86. The molecule has 2 aromatic rings. The molecular formula is C11H11BrN2O. The zero-order chi connectivity index (χ0) is 10.8. The van der Waals surface area contributed by atoms with Crippen LogP contribution in [-0.2, 0) is 6.42 Å². The van der Waals surface area contributed by atoms with Gasteiger partial charge in [0.2, 0.25) is 11.8 Å². The number of aryl methyl sites for hydroxylation is 2. The molecule has 0 atom stereocenters. The van der Waals surface area contributed by atoms with Crippen LogP contribution in [0.25, 0.3) is 11.5 Å². The molecule has 0 N–H and O–H groups in total. The predicted octanol–water partition coefficient (Wildman–Crippen LogP) is 3.37. The quantitative estimate of drug-likeness (QED) is 0.837. The Morgan fingerprint density at radius 2 is 2.13 bits per heavy atom. The summed E-state index contributed by atoms with van der Waals surface area (Å²) in [4.78, 5) is 0. The Labute approximate surface area is 96.7 Å². The third-order valence-electron chi connectivity index (χ3n) is 2.20. The third kappa shape index (κ3) is 2.09. The number of hydrogen-bond donors (Lipinski definition) is 0. The molecule has 0 fully saturated rings. The van der Waals surface area contributed by atoms with Gasteiger partial charge in [0, 0.05) is 16.5 Å². The predicted molar refractivity (Wildman–Crippen MR) is 61.5 cm³/mol. The lowest BCUT2D eigenvalue weighted by Crippen LogP contribution is -1.83. The molecule has 0 bridgehead atoms. The summed E-state index contributed by atoms with van der Waals surface area (Å²) in [5.74, 6) is 1.26. The van der Waals surface area contributed by atoms with Crippen molar-refractivity contribution in [3.8, 4) is 11.5 Å². The van der Waals surface area contributed by atoms with Gasteiger partial charge in [0.1, 0.15) is 0 Å². The maximum absolute atomic E-state index is 5.51. The highest BCUT2D eigenvalue weighted by Gasteiger charge is 2.10. The molecule has 1 heterocycles. The zero-order valence-electron chi connectivity index (χ0n) is 8.62. The fourth-order valence-electron chi connectivity index (χ4n) is 1.33. The van der Waals surface area contributed by atoms with Crippen LogP contribution < -0.4 is 0 Å². The Morgan fingerprint density at radius 3 is 2.80 bits per heavy atom.